The molecule has 0 aliphatic carbocycles. The van der Waals surface area contributed by atoms with Crippen molar-refractivity contribution in [3.05, 3.63) is 59.8 Å². The van der Waals surface area contributed by atoms with E-state index in [1.165, 1.54) is 0 Å². The molecule has 0 saturated carbocycles. The number of benzene rings is 2. The lowest BCUT2D eigenvalue weighted by atomic mass is 9.84. The van der Waals surface area contributed by atoms with Crippen LogP contribution in [-0.4, -0.2) is 16.8 Å². The molecule has 0 spiro atoms. The molecular formula is C20H17N3O2. The highest BCUT2D eigenvalue weighted by molar-refractivity contribution is 5.88. The number of nitriles is 2. The van der Waals surface area contributed by atoms with Gasteiger partial charge in [0.15, 0.2) is 0 Å². The Morgan fingerprint density at radius 1 is 1.04 bits per heavy atom. The highest BCUT2D eigenvalue weighted by Gasteiger charge is 2.31. The molecule has 0 bridgehead atoms. The minimum Gasteiger partial charge on any atom is -0.505 e. The van der Waals surface area contributed by atoms with Gasteiger partial charge in [0.2, 0.25) is 0 Å². The number of methoxy groups -OCH3 is 1. The van der Waals surface area contributed by atoms with Gasteiger partial charge in [0.1, 0.15) is 17.4 Å². The Bertz CT molecular complexity index is 938. The zero-order valence-corrected chi connectivity index (χ0v) is 14.0. The van der Waals surface area contributed by atoms with Crippen LogP contribution in [0.1, 0.15) is 17.2 Å². The van der Waals surface area contributed by atoms with Gasteiger partial charge in [-0.3, -0.25) is 0 Å². The van der Waals surface area contributed by atoms with Crippen LogP contribution in [-0.2, 0) is 7.05 Å². The van der Waals surface area contributed by atoms with Crippen molar-refractivity contribution in [2.45, 2.75) is 5.92 Å². The number of aryl methyl sites for hydroxylation is 1. The minimum atomic E-state index is -0.928. The van der Waals surface area contributed by atoms with Crippen molar-refractivity contribution in [3.63, 3.8) is 0 Å². The van der Waals surface area contributed by atoms with Crippen LogP contribution in [0.4, 0.5) is 0 Å². The first kappa shape index (κ1) is 16.4. The number of para-hydroxylation sites is 1. The number of nitrogens with zero attached hydrogens (tertiary/aromatic N) is 3. The van der Waals surface area contributed by atoms with Crippen LogP contribution in [0.5, 0.6) is 11.5 Å². The Morgan fingerprint density at radius 2 is 1.68 bits per heavy atom. The van der Waals surface area contributed by atoms with Gasteiger partial charge in [-0.2, -0.15) is 10.5 Å². The number of hydrogen-bond acceptors (Lipinski definition) is 4. The predicted octanol–water partition coefficient (Wildman–Crippen LogP) is 3.69. The lowest BCUT2D eigenvalue weighted by molar-refractivity contribution is 0.414. The van der Waals surface area contributed by atoms with Crippen LogP contribution < -0.4 is 4.74 Å². The second kappa shape index (κ2) is 6.59. The fourth-order valence-corrected chi connectivity index (χ4v) is 3.25. The number of rotatable bonds is 4. The predicted molar refractivity (Wildman–Crippen MR) is 94.1 cm³/mol. The number of aromatic nitrogens is 1. The summed E-state index contributed by atoms with van der Waals surface area (Å²) < 4.78 is 7.03. The average molecular weight is 331 g/mol. The van der Waals surface area contributed by atoms with Gasteiger partial charge in [-0.1, -0.05) is 24.3 Å². The summed E-state index contributed by atoms with van der Waals surface area (Å²) in [6, 6.07) is 18.8. The van der Waals surface area contributed by atoms with Crippen molar-refractivity contribution in [2.24, 2.45) is 13.0 Å². The van der Waals surface area contributed by atoms with E-state index in [9.17, 15) is 15.6 Å². The van der Waals surface area contributed by atoms with Crippen LogP contribution in [0.3, 0.4) is 0 Å². The number of ether oxygens (including phenoxy) is 1. The molecular weight excluding hydrogens is 314 g/mol. The quantitative estimate of drug-likeness (QED) is 0.790. The standard InChI is InChI=1S/C20H17N3O2/c1-23-17-6-4-3-5-16(17)20(24)19(23)18(14(11-21)12-22)13-7-9-15(25-2)10-8-13/h3-10,14,18,24H,1-2H3. The zero-order valence-electron chi connectivity index (χ0n) is 14.0. The maximum absolute atomic E-state index is 10.8. The maximum Gasteiger partial charge on any atom is 0.145 e. The van der Waals surface area contributed by atoms with Crippen LogP contribution in [0.25, 0.3) is 10.9 Å². The molecule has 1 unspecified atom stereocenters. The molecule has 1 atom stereocenters. The summed E-state index contributed by atoms with van der Waals surface area (Å²) in [4.78, 5) is 0. The molecule has 0 radical (unpaired) electrons. The number of fused-ring (bicyclic) bond motifs is 1. The van der Waals surface area contributed by atoms with Crippen LogP contribution in [0.15, 0.2) is 48.5 Å². The molecule has 1 N–H and O–H groups in total. The van der Waals surface area contributed by atoms with E-state index in [4.69, 9.17) is 4.74 Å². The van der Waals surface area contributed by atoms with Gasteiger partial charge in [-0.05, 0) is 29.8 Å². The normalized spacial score (nSPS) is 11.9. The Morgan fingerprint density at radius 3 is 2.24 bits per heavy atom. The van der Waals surface area contributed by atoms with E-state index in [1.807, 2.05) is 48.0 Å². The topological polar surface area (TPSA) is 82.0 Å². The molecule has 25 heavy (non-hydrogen) atoms. The Balaban J connectivity index is 2.26. The van der Waals surface area contributed by atoms with Gasteiger partial charge in [0.05, 0.1) is 36.4 Å². The van der Waals surface area contributed by atoms with E-state index in [2.05, 4.69) is 12.1 Å². The zero-order chi connectivity index (χ0) is 18.0. The molecule has 0 aliphatic rings. The SMILES string of the molecule is COc1ccc(C(c2c(O)c3ccccc3n2C)C(C#N)C#N)cc1. The second-order valence-corrected chi connectivity index (χ2v) is 5.80. The van der Waals surface area contributed by atoms with Gasteiger partial charge >= 0.3 is 0 Å². The molecule has 0 fully saturated rings. The fraction of sp³-hybridized carbons (Fsp3) is 0.200. The summed E-state index contributed by atoms with van der Waals surface area (Å²) in [5.41, 5.74) is 2.18. The Kier molecular flexibility index (Phi) is 4.33. The van der Waals surface area contributed by atoms with Gasteiger partial charge < -0.3 is 14.4 Å². The summed E-state index contributed by atoms with van der Waals surface area (Å²) in [5, 5.41) is 30.5. The first-order valence-corrected chi connectivity index (χ1v) is 7.81. The van der Waals surface area contributed by atoms with Crippen molar-refractivity contribution in [3.8, 4) is 23.6 Å². The summed E-state index contributed by atoms with van der Waals surface area (Å²) in [7, 11) is 3.41. The lowest BCUT2D eigenvalue weighted by Crippen LogP contribution is -2.15. The Hall–Kier alpha value is -3.44. The van der Waals surface area contributed by atoms with Crippen molar-refractivity contribution in [2.75, 3.05) is 7.11 Å². The number of hydrogen-bond donors (Lipinski definition) is 1. The summed E-state index contributed by atoms with van der Waals surface area (Å²) in [5.74, 6) is -0.704. The molecule has 0 saturated heterocycles. The molecule has 3 aromatic rings. The molecule has 2 aromatic carbocycles. The molecule has 0 amide bonds. The van der Waals surface area contributed by atoms with Crippen molar-refractivity contribution < 1.29 is 9.84 Å². The van der Waals surface area contributed by atoms with Crippen LogP contribution in [0, 0.1) is 28.6 Å². The monoisotopic (exact) mass is 331 g/mol. The van der Waals surface area contributed by atoms with Gasteiger partial charge in [-0.15, -0.1) is 0 Å². The van der Waals surface area contributed by atoms with Crippen LogP contribution >= 0.6 is 0 Å². The third-order valence-electron chi connectivity index (χ3n) is 4.51. The number of aromatic hydroxyl groups is 1. The maximum atomic E-state index is 10.8. The van der Waals surface area contributed by atoms with Crippen molar-refractivity contribution in [1.29, 1.82) is 10.5 Å². The van der Waals surface area contributed by atoms with E-state index >= 15 is 0 Å². The minimum absolute atomic E-state index is 0.106. The van der Waals surface area contributed by atoms with E-state index in [0.717, 1.165) is 11.1 Å². The molecule has 0 aliphatic heterocycles. The summed E-state index contributed by atoms with van der Waals surface area (Å²) >= 11 is 0. The molecule has 5 heteroatoms. The van der Waals surface area contributed by atoms with E-state index < -0.39 is 11.8 Å². The van der Waals surface area contributed by atoms with E-state index in [-0.39, 0.29) is 5.75 Å². The first-order valence-electron chi connectivity index (χ1n) is 7.81. The van der Waals surface area contributed by atoms with Gasteiger partial charge in [0.25, 0.3) is 0 Å². The largest absolute Gasteiger partial charge is 0.505 e. The van der Waals surface area contributed by atoms with Gasteiger partial charge in [0, 0.05) is 12.4 Å². The molecule has 1 aromatic heterocycles. The van der Waals surface area contributed by atoms with Gasteiger partial charge in [-0.25, -0.2) is 0 Å². The van der Waals surface area contributed by atoms with E-state index in [1.54, 1.807) is 19.2 Å². The molecule has 124 valence electrons. The lowest BCUT2D eigenvalue weighted by Gasteiger charge is -2.20. The molecule has 5 nitrogen and oxygen atoms in total. The highest BCUT2D eigenvalue weighted by atomic mass is 16.5. The smallest absolute Gasteiger partial charge is 0.145 e. The van der Waals surface area contributed by atoms with Crippen molar-refractivity contribution in [1.82, 2.24) is 4.57 Å². The third kappa shape index (κ3) is 2.66. The van der Waals surface area contributed by atoms with E-state index in [0.29, 0.717) is 16.8 Å². The second-order valence-electron chi connectivity index (χ2n) is 5.80. The van der Waals surface area contributed by atoms with Crippen molar-refractivity contribution >= 4 is 10.9 Å². The Labute approximate surface area is 145 Å². The average Bonchev–Trinajstić information content (AvgIpc) is 2.91. The molecule has 1 heterocycles. The third-order valence-corrected chi connectivity index (χ3v) is 4.51. The summed E-state index contributed by atoms with van der Waals surface area (Å²) in [6.07, 6.45) is 0. The molecule has 3 rings (SSSR count). The summed E-state index contributed by atoms with van der Waals surface area (Å²) in [6.45, 7) is 0. The highest BCUT2D eigenvalue weighted by Crippen LogP contribution is 2.42. The van der Waals surface area contributed by atoms with Crippen LogP contribution in [0.2, 0.25) is 0 Å². The fourth-order valence-electron chi connectivity index (χ4n) is 3.25. The first-order chi connectivity index (χ1) is 12.1.